The van der Waals surface area contributed by atoms with Crippen LogP contribution in [0, 0.1) is 19.7 Å². The summed E-state index contributed by atoms with van der Waals surface area (Å²) < 4.78 is 15.3. The predicted molar refractivity (Wildman–Crippen MR) is 63.5 cm³/mol. The van der Waals surface area contributed by atoms with Gasteiger partial charge < -0.3 is 0 Å². The van der Waals surface area contributed by atoms with E-state index in [1.54, 1.807) is 24.5 Å². The zero-order chi connectivity index (χ0) is 11.9. The summed E-state index contributed by atoms with van der Waals surface area (Å²) in [5.74, 6) is 0.356. The summed E-state index contributed by atoms with van der Waals surface area (Å²) in [5, 5.41) is 7.88. The number of aryl methyl sites for hydroxylation is 2. The Morgan fingerprint density at radius 2 is 2.00 bits per heavy atom. The number of benzene rings is 1. The van der Waals surface area contributed by atoms with Crippen molar-refractivity contribution in [3.8, 4) is 5.69 Å². The van der Waals surface area contributed by atoms with E-state index in [2.05, 4.69) is 26.1 Å². The van der Waals surface area contributed by atoms with E-state index >= 15 is 0 Å². The minimum atomic E-state index is -0.303. The van der Waals surface area contributed by atoms with E-state index in [0.29, 0.717) is 10.3 Å². The molecule has 3 nitrogen and oxygen atoms in total. The smallest absolute Gasteiger partial charge is 0.229 e. The van der Waals surface area contributed by atoms with Crippen molar-refractivity contribution in [1.82, 2.24) is 14.8 Å². The van der Waals surface area contributed by atoms with Gasteiger partial charge in [-0.05, 0) is 59.1 Å². The number of aromatic nitrogens is 3. The third kappa shape index (κ3) is 1.85. The van der Waals surface area contributed by atoms with E-state index in [1.165, 1.54) is 6.07 Å². The van der Waals surface area contributed by atoms with E-state index < -0.39 is 0 Å². The zero-order valence-corrected chi connectivity index (χ0v) is 11.0. The van der Waals surface area contributed by atoms with Gasteiger partial charge in [-0.2, -0.15) is 0 Å². The molecule has 0 atom stereocenters. The van der Waals surface area contributed by atoms with Gasteiger partial charge in [0.1, 0.15) is 11.6 Å². The molecular formula is C10H8BrClFN3. The second-order valence-electron chi connectivity index (χ2n) is 3.40. The molecule has 84 valence electrons. The molecule has 0 radical (unpaired) electrons. The van der Waals surface area contributed by atoms with Gasteiger partial charge in [-0.3, -0.25) is 4.57 Å². The van der Waals surface area contributed by atoms with Crippen molar-refractivity contribution in [3.63, 3.8) is 0 Å². The van der Waals surface area contributed by atoms with Crippen LogP contribution in [0.15, 0.2) is 16.6 Å². The summed E-state index contributed by atoms with van der Waals surface area (Å²) in [6.07, 6.45) is 0. The summed E-state index contributed by atoms with van der Waals surface area (Å²) in [7, 11) is 0. The molecule has 0 aliphatic heterocycles. The van der Waals surface area contributed by atoms with Crippen molar-refractivity contribution >= 4 is 27.5 Å². The first kappa shape index (κ1) is 11.5. The Morgan fingerprint density at radius 1 is 1.31 bits per heavy atom. The van der Waals surface area contributed by atoms with Crippen LogP contribution in [0.2, 0.25) is 5.28 Å². The molecule has 0 spiro atoms. The number of hydrogen-bond donors (Lipinski definition) is 0. The second-order valence-corrected chi connectivity index (χ2v) is 4.60. The van der Waals surface area contributed by atoms with Gasteiger partial charge in [0.05, 0.1) is 10.2 Å². The lowest BCUT2D eigenvalue weighted by Crippen LogP contribution is -2.01. The first-order chi connectivity index (χ1) is 7.50. The van der Waals surface area contributed by atoms with Crippen LogP contribution < -0.4 is 0 Å². The first-order valence-corrected chi connectivity index (χ1v) is 5.71. The maximum Gasteiger partial charge on any atom is 0.229 e. The first-order valence-electron chi connectivity index (χ1n) is 4.54. The van der Waals surface area contributed by atoms with E-state index in [-0.39, 0.29) is 11.1 Å². The number of hydrogen-bond acceptors (Lipinski definition) is 2. The summed E-state index contributed by atoms with van der Waals surface area (Å²) >= 11 is 9.07. The minimum absolute atomic E-state index is 0.263. The van der Waals surface area contributed by atoms with Crippen molar-refractivity contribution in [2.75, 3.05) is 0 Å². The Bertz CT molecular complexity index is 534. The molecule has 6 heteroatoms. The highest BCUT2D eigenvalue weighted by atomic mass is 79.9. The summed E-state index contributed by atoms with van der Waals surface area (Å²) in [5.41, 5.74) is 1.53. The van der Waals surface area contributed by atoms with Crippen LogP contribution in [-0.2, 0) is 0 Å². The van der Waals surface area contributed by atoms with Crippen LogP contribution in [0.3, 0.4) is 0 Å². The quantitative estimate of drug-likeness (QED) is 0.808. The second kappa shape index (κ2) is 4.14. The van der Waals surface area contributed by atoms with Gasteiger partial charge >= 0.3 is 0 Å². The Morgan fingerprint density at radius 3 is 2.56 bits per heavy atom. The van der Waals surface area contributed by atoms with Crippen LogP contribution in [0.5, 0.6) is 0 Å². The molecule has 2 aromatic rings. The highest BCUT2D eigenvalue weighted by Crippen LogP contribution is 2.26. The van der Waals surface area contributed by atoms with Crippen LogP contribution >= 0.6 is 27.5 Å². The largest absolute Gasteiger partial charge is 0.270 e. The maximum atomic E-state index is 13.3. The van der Waals surface area contributed by atoms with Crippen LogP contribution in [0.25, 0.3) is 5.69 Å². The number of halogens is 3. The fourth-order valence-electron chi connectivity index (χ4n) is 1.49. The Hall–Kier alpha value is -0.940. The molecule has 16 heavy (non-hydrogen) atoms. The monoisotopic (exact) mass is 303 g/mol. The molecule has 0 saturated carbocycles. The van der Waals surface area contributed by atoms with Gasteiger partial charge in [0.15, 0.2) is 0 Å². The topological polar surface area (TPSA) is 30.7 Å². The highest BCUT2D eigenvalue weighted by Gasteiger charge is 2.13. The van der Waals surface area contributed by atoms with Crippen molar-refractivity contribution in [2.45, 2.75) is 13.8 Å². The maximum absolute atomic E-state index is 13.3. The molecule has 0 unspecified atom stereocenters. The molecule has 0 aliphatic carbocycles. The van der Waals surface area contributed by atoms with Gasteiger partial charge in [-0.15, -0.1) is 10.2 Å². The fourth-order valence-corrected chi connectivity index (χ4v) is 2.07. The standard InChI is InChI=1S/C10H8BrClFN3/c1-5-3-8(13)7(11)4-9(5)16-6(2)14-15-10(16)12/h3-4H,1-2H3. The molecule has 0 fully saturated rings. The molecule has 0 aliphatic rings. The molecule has 1 aromatic carbocycles. The van der Waals surface area contributed by atoms with Crippen LogP contribution in [-0.4, -0.2) is 14.8 Å². The average molecular weight is 305 g/mol. The Kier molecular flexibility index (Phi) is 2.99. The average Bonchev–Trinajstić information content (AvgIpc) is 2.53. The lowest BCUT2D eigenvalue weighted by atomic mass is 10.2. The third-order valence-electron chi connectivity index (χ3n) is 2.27. The molecular weight excluding hydrogens is 296 g/mol. The normalized spacial score (nSPS) is 10.8. The molecule has 0 bridgehead atoms. The summed E-state index contributed by atoms with van der Waals surface area (Å²) in [6.45, 7) is 3.59. The van der Waals surface area contributed by atoms with Gasteiger partial charge in [-0.25, -0.2) is 4.39 Å². The number of rotatable bonds is 1. The number of nitrogens with zero attached hydrogens (tertiary/aromatic N) is 3. The molecule has 1 aromatic heterocycles. The SMILES string of the molecule is Cc1cc(F)c(Br)cc1-n1c(C)nnc1Cl. The molecule has 0 amide bonds. The van der Waals surface area contributed by atoms with E-state index in [9.17, 15) is 4.39 Å². The molecule has 1 heterocycles. The summed E-state index contributed by atoms with van der Waals surface area (Å²) in [6, 6.07) is 3.10. The Balaban J connectivity index is 2.69. The van der Waals surface area contributed by atoms with Crippen LogP contribution in [0.4, 0.5) is 4.39 Å². The third-order valence-corrected chi connectivity index (χ3v) is 3.12. The van der Waals surface area contributed by atoms with Gasteiger partial charge in [0, 0.05) is 0 Å². The minimum Gasteiger partial charge on any atom is -0.270 e. The van der Waals surface area contributed by atoms with Crippen LogP contribution in [0.1, 0.15) is 11.4 Å². The van der Waals surface area contributed by atoms with E-state index in [4.69, 9.17) is 11.6 Å². The fraction of sp³-hybridized carbons (Fsp3) is 0.200. The van der Waals surface area contributed by atoms with Gasteiger partial charge in [-0.1, -0.05) is 0 Å². The van der Waals surface area contributed by atoms with E-state index in [1.807, 2.05) is 0 Å². The van der Waals surface area contributed by atoms with Crippen molar-refractivity contribution < 1.29 is 4.39 Å². The van der Waals surface area contributed by atoms with E-state index in [0.717, 1.165) is 11.3 Å². The van der Waals surface area contributed by atoms with Crippen molar-refractivity contribution in [3.05, 3.63) is 39.1 Å². The lowest BCUT2D eigenvalue weighted by molar-refractivity contribution is 0.619. The lowest BCUT2D eigenvalue weighted by Gasteiger charge is -2.10. The predicted octanol–water partition coefficient (Wildman–Crippen LogP) is 3.44. The molecule has 2 rings (SSSR count). The van der Waals surface area contributed by atoms with Crippen molar-refractivity contribution in [2.24, 2.45) is 0 Å². The zero-order valence-electron chi connectivity index (χ0n) is 8.63. The molecule has 0 saturated heterocycles. The Labute approximate surface area is 105 Å². The highest BCUT2D eigenvalue weighted by molar-refractivity contribution is 9.10. The van der Waals surface area contributed by atoms with Gasteiger partial charge in [0.2, 0.25) is 5.28 Å². The van der Waals surface area contributed by atoms with Gasteiger partial charge in [0.25, 0.3) is 0 Å². The molecule has 0 N–H and O–H groups in total. The van der Waals surface area contributed by atoms with Crippen molar-refractivity contribution in [1.29, 1.82) is 0 Å². The summed E-state index contributed by atoms with van der Waals surface area (Å²) in [4.78, 5) is 0.